The first-order valence-corrected chi connectivity index (χ1v) is 6.20. The third-order valence-corrected chi connectivity index (χ3v) is 3.89. The number of carboxylic acid groups (broad SMARTS) is 1. The molecule has 1 N–H and O–H groups in total. The predicted molar refractivity (Wildman–Crippen MR) is 68.8 cm³/mol. The molecule has 2 heterocycles. The van der Waals surface area contributed by atoms with Crippen LogP contribution in [0.25, 0.3) is 0 Å². The van der Waals surface area contributed by atoms with Crippen LogP contribution in [0.3, 0.4) is 0 Å². The minimum absolute atomic E-state index is 0.180. The van der Waals surface area contributed by atoms with Crippen molar-refractivity contribution in [1.29, 1.82) is 5.26 Å². The summed E-state index contributed by atoms with van der Waals surface area (Å²) in [6.07, 6.45) is 0.565. The summed E-state index contributed by atoms with van der Waals surface area (Å²) in [7, 11) is 0. The number of rotatable bonds is 2. The van der Waals surface area contributed by atoms with Gasteiger partial charge in [-0.05, 0) is 32.8 Å². The molecule has 6 nitrogen and oxygen atoms in total. The maximum Gasteiger partial charge on any atom is 0.308 e. The summed E-state index contributed by atoms with van der Waals surface area (Å²) < 4.78 is 0. The van der Waals surface area contributed by atoms with Crippen LogP contribution >= 0.6 is 0 Å². The van der Waals surface area contributed by atoms with Crippen LogP contribution in [0.15, 0.2) is 0 Å². The lowest BCUT2D eigenvalue weighted by Crippen LogP contribution is -2.34. The van der Waals surface area contributed by atoms with Crippen LogP contribution < -0.4 is 4.90 Å². The van der Waals surface area contributed by atoms with E-state index in [2.05, 4.69) is 16.3 Å². The molecule has 0 saturated carbocycles. The van der Waals surface area contributed by atoms with E-state index in [1.165, 1.54) is 0 Å². The fourth-order valence-corrected chi connectivity index (χ4v) is 2.50. The summed E-state index contributed by atoms with van der Waals surface area (Å²) in [4.78, 5) is 13.0. The van der Waals surface area contributed by atoms with Gasteiger partial charge >= 0.3 is 5.97 Å². The summed E-state index contributed by atoms with van der Waals surface area (Å²) in [5.74, 6) is -0.720. The number of aromatic nitrogens is 2. The van der Waals surface area contributed by atoms with E-state index >= 15 is 0 Å². The predicted octanol–water partition coefficient (Wildman–Crippen LogP) is 1.26. The molecule has 2 unspecified atom stereocenters. The number of aliphatic carboxylic acids is 1. The van der Waals surface area contributed by atoms with Crippen molar-refractivity contribution >= 4 is 11.8 Å². The van der Waals surface area contributed by atoms with Crippen molar-refractivity contribution in [2.24, 2.45) is 5.92 Å². The molecular weight excluding hydrogens is 244 g/mol. The number of hydrogen-bond donors (Lipinski definition) is 1. The molecule has 1 aromatic rings. The highest BCUT2D eigenvalue weighted by Crippen LogP contribution is 2.31. The molecule has 0 bridgehead atoms. The van der Waals surface area contributed by atoms with Gasteiger partial charge < -0.3 is 10.0 Å². The van der Waals surface area contributed by atoms with Crippen LogP contribution in [-0.4, -0.2) is 33.9 Å². The summed E-state index contributed by atoms with van der Waals surface area (Å²) in [5.41, 5.74) is 2.02. The zero-order chi connectivity index (χ0) is 14.2. The average Bonchev–Trinajstić information content (AvgIpc) is 2.74. The molecule has 0 aliphatic carbocycles. The maximum absolute atomic E-state index is 11.1. The van der Waals surface area contributed by atoms with Gasteiger partial charge in [0.05, 0.1) is 11.6 Å². The zero-order valence-corrected chi connectivity index (χ0v) is 11.2. The van der Waals surface area contributed by atoms with Gasteiger partial charge in [-0.2, -0.15) is 10.4 Å². The molecule has 2 atom stereocenters. The SMILES string of the molecule is Cc1nnc(N2CCC(C(=O)O)C2C)c(C#N)c1C. The second-order valence-electron chi connectivity index (χ2n) is 4.89. The van der Waals surface area contributed by atoms with Gasteiger partial charge in [-0.3, -0.25) is 4.79 Å². The van der Waals surface area contributed by atoms with E-state index in [-0.39, 0.29) is 6.04 Å². The summed E-state index contributed by atoms with van der Waals surface area (Å²) in [6.45, 7) is 6.08. The van der Waals surface area contributed by atoms with Gasteiger partial charge in [0.25, 0.3) is 0 Å². The Hall–Kier alpha value is -2.16. The Labute approximate surface area is 111 Å². The lowest BCUT2D eigenvalue weighted by atomic mass is 10.0. The van der Waals surface area contributed by atoms with Gasteiger partial charge in [-0.25, -0.2) is 0 Å². The van der Waals surface area contributed by atoms with Gasteiger partial charge in [0.15, 0.2) is 5.82 Å². The van der Waals surface area contributed by atoms with E-state index in [0.717, 1.165) is 11.3 Å². The molecule has 1 aromatic heterocycles. The summed E-state index contributed by atoms with van der Waals surface area (Å²) in [6, 6.07) is 1.97. The third kappa shape index (κ3) is 2.12. The van der Waals surface area contributed by atoms with Crippen molar-refractivity contribution in [3.05, 3.63) is 16.8 Å². The fourth-order valence-electron chi connectivity index (χ4n) is 2.50. The molecule has 0 radical (unpaired) electrons. The van der Waals surface area contributed by atoms with Crippen molar-refractivity contribution in [3.8, 4) is 6.07 Å². The highest BCUT2D eigenvalue weighted by molar-refractivity contribution is 5.73. The quantitative estimate of drug-likeness (QED) is 0.861. The second kappa shape index (κ2) is 4.84. The van der Waals surface area contributed by atoms with E-state index in [4.69, 9.17) is 5.11 Å². The Kier molecular flexibility index (Phi) is 3.38. The Morgan fingerprint density at radius 1 is 1.47 bits per heavy atom. The first-order valence-electron chi connectivity index (χ1n) is 6.20. The number of nitriles is 1. The summed E-state index contributed by atoms with van der Waals surface area (Å²) in [5, 5.41) is 26.6. The van der Waals surface area contributed by atoms with Crippen LogP contribution in [-0.2, 0) is 4.79 Å². The van der Waals surface area contributed by atoms with Crippen molar-refractivity contribution in [1.82, 2.24) is 10.2 Å². The van der Waals surface area contributed by atoms with Gasteiger partial charge in [0, 0.05) is 12.6 Å². The third-order valence-electron chi connectivity index (χ3n) is 3.89. The van der Waals surface area contributed by atoms with E-state index in [9.17, 15) is 10.1 Å². The Balaban J connectivity index is 2.42. The van der Waals surface area contributed by atoms with E-state index in [0.29, 0.717) is 24.3 Å². The minimum atomic E-state index is -0.801. The average molecular weight is 260 g/mol. The Bertz CT molecular complexity index is 564. The van der Waals surface area contributed by atoms with Gasteiger partial charge in [-0.1, -0.05) is 0 Å². The zero-order valence-electron chi connectivity index (χ0n) is 11.2. The lowest BCUT2D eigenvalue weighted by molar-refractivity contribution is -0.141. The smallest absolute Gasteiger partial charge is 0.308 e. The highest BCUT2D eigenvalue weighted by atomic mass is 16.4. The van der Waals surface area contributed by atoms with Gasteiger partial charge in [-0.15, -0.1) is 5.10 Å². The number of carboxylic acids is 1. The van der Waals surface area contributed by atoms with E-state index < -0.39 is 11.9 Å². The molecule has 100 valence electrons. The van der Waals surface area contributed by atoms with Crippen molar-refractivity contribution < 1.29 is 9.90 Å². The number of hydrogen-bond acceptors (Lipinski definition) is 5. The lowest BCUT2D eigenvalue weighted by Gasteiger charge is -2.25. The topological polar surface area (TPSA) is 90.1 Å². The molecule has 1 saturated heterocycles. The molecule has 0 aromatic carbocycles. The standard InChI is InChI=1S/C13H16N4O2/c1-7-8(2)15-16-12(11(7)6-14)17-5-4-10(9(17)3)13(18)19/h9-10H,4-5H2,1-3H3,(H,18,19). The van der Waals surface area contributed by atoms with Crippen molar-refractivity contribution in [3.63, 3.8) is 0 Å². The molecule has 0 amide bonds. The van der Waals surface area contributed by atoms with Crippen molar-refractivity contribution in [2.75, 3.05) is 11.4 Å². The van der Waals surface area contributed by atoms with Crippen molar-refractivity contribution in [2.45, 2.75) is 33.2 Å². The first-order chi connectivity index (χ1) is 8.97. The van der Waals surface area contributed by atoms with Crippen LogP contribution in [0.4, 0.5) is 5.82 Å². The second-order valence-corrected chi connectivity index (χ2v) is 4.89. The molecule has 1 fully saturated rings. The fraction of sp³-hybridized carbons (Fsp3) is 0.538. The largest absolute Gasteiger partial charge is 0.481 e. The monoisotopic (exact) mass is 260 g/mol. The molecule has 6 heteroatoms. The first kappa shape index (κ1) is 13.3. The minimum Gasteiger partial charge on any atom is -0.481 e. The molecule has 1 aliphatic rings. The van der Waals surface area contributed by atoms with Crippen LogP contribution in [0.2, 0.25) is 0 Å². The number of nitrogens with zero attached hydrogens (tertiary/aromatic N) is 4. The van der Waals surface area contributed by atoms with E-state index in [1.807, 2.05) is 18.7 Å². The molecule has 19 heavy (non-hydrogen) atoms. The number of carbonyl (C=O) groups is 1. The Morgan fingerprint density at radius 3 is 2.68 bits per heavy atom. The Morgan fingerprint density at radius 2 is 2.16 bits per heavy atom. The molecular formula is C13H16N4O2. The normalized spacial score (nSPS) is 22.3. The molecule has 2 rings (SSSR count). The van der Waals surface area contributed by atoms with Crippen LogP contribution in [0.5, 0.6) is 0 Å². The highest BCUT2D eigenvalue weighted by Gasteiger charge is 2.37. The maximum atomic E-state index is 11.1. The molecule has 0 spiro atoms. The number of aryl methyl sites for hydroxylation is 1. The van der Waals surface area contributed by atoms with Crippen LogP contribution in [0, 0.1) is 31.1 Å². The molecule has 1 aliphatic heterocycles. The van der Waals surface area contributed by atoms with Gasteiger partial charge in [0.2, 0.25) is 0 Å². The van der Waals surface area contributed by atoms with Crippen LogP contribution in [0.1, 0.15) is 30.2 Å². The summed E-state index contributed by atoms with van der Waals surface area (Å²) >= 11 is 0. The van der Waals surface area contributed by atoms with E-state index in [1.54, 1.807) is 6.92 Å². The number of anilines is 1. The van der Waals surface area contributed by atoms with Gasteiger partial charge in [0.1, 0.15) is 11.6 Å².